The Hall–Kier alpha value is -1.62. The minimum atomic E-state index is -0.363. The van der Waals surface area contributed by atoms with Gasteiger partial charge in [-0.2, -0.15) is 5.10 Å². The lowest BCUT2D eigenvalue weighted by atomic mass is 10.2. The lowest BCUT2D eigenvalue weighted by Crippen LogP contribution is -2.10. The molecule has 1 aromatic carbocycles. The highest BCUT2D eigenvalue weighted by molar-refractivity contribution is 6.17. The van der Waals surface area contributed by atoms with E-state index in [9.17, 15) is 4.39 Å². The van der Waals surface area contributed by atoms with Crippen molar-refractivity contribution in [1.82, 2.24) is 14.8 Å². The predicted molar refractivity (Wildman–Crippen MR) is 70.7 cm³/mol. The van der Waals surface area contributed by atoms with Gasteiger partial charge in [-0.05, 0) is 31.5 Å². The topological polar surface area (TPSA) is 39.9 Å². The summed E-state index contributed by atoms with van der Waals surface area (Å²) >= 11 is 5.69. The van der Waals surface area contributed by atoms with Crippen LogP contribution in [0.2, 0.25) is 0 Å². The zero-order valence-electron chi connectivity index (χ0n) is 10.8. The minimum Gasteiger partial charge on any atom is -0.486 e. The molecule has 0 N–H and O–H groups in total. The average Bonchev–Trinajstić information content (AvgIpc) is 2.84. The van der Waals surface area contributed by atoms with Crippen LogP contribution in [0.25, 0.3) is 0 Å². The van der Waals surface area contributed by atoms with Crippen LogP contribution < -0.4 is 4.74 Å². The highest BCUT2D eigenvalue weighted by atomic mass is 35.5. The van der Waals surface area contributed by atoms with E-state index >= 15 is 0 Å². The van der Waals surface area contributed by atoms with Crippen LogP contribution in [0.15, 0.2) is 24.5 Å². The molecule has 0 amide bonds. The molecule has 2 aromatic rings. The molecule has 0 aliphatic carbocycles. The van der Waals surface area contributed by atoms with Gasteiger partial charge in [0.25, 0.3) is 0 Å². The lowest BCUT2D eigenvalue weighted by Gasteiger charge is -2.11. The van der Waals surface area contributed by atoms with E-state index in [-0.39, 0.29) is 24.3 Å². The van der Waals surface area contributed by atoms with E-state index in [2.05, 4.69) is 10.1 Å². The van der Waals surface area contributed by atoms with Crippen molar-refractivity contribution in [2.75, 3.05) is 0 Å². The highest BCUT2D eigenvalue weighted by Gasteiger charge is 2.09. The second kappa shape index (κ2) is 6.02. The van der Waals surface area contributed by atoms with Gasteiger partial charge in [0.15, 0.2) is 5.82 Å². The Kier molecular flexibility index (Phi) is 4.37. The number of benzene rings is 1. The van der Waals surface area contributed by atoms with E-state index in [0.29, 0.717) is 17.1 Å². The Labute approximate surface area is 116 Å². The molecule has 1 heterocycles. The van der Waals surface area contributed by atoms with Gasteiger partial charge < -0.3 is 4.74 Å². The second-order valence-electron chi connectivity index (χ2n) is 4.43. The van der Waals surface area contributed by atoms with Crippen molar-refractivity contribution < 1.29 is 9.13 Å². The first kappa shape index (κ1) is 13.8. The maximum Gasteiger partial charge on any atom is 0.165 e. The molecule has 0 aliphatic heterocycles. The van der Waals surface area contributed by atoms with Gasteiger partial charge in [-0.3, -0.25) is 0 Å². The molecular formula is C13H15ClFN3O. The number of halogens is 2. The zero-order chi connectivity index (χ0) is 13.8. The molecule has 0 fully saturated rings. The molecule has 19 heavy (non-hydrogen) atoms. The third-order valence-electron chi connectivity index (χ3n) is 2.59. The summed E-state index contributed by atoms with van der Waals surface area (Å²) in [6.07, 6.45) is 1.48. The molecule has 0 saturated heterocycles. The third kappa shape index (κ3) is 3.44. The smallest absolute Gasteiger partial charge is 0.165 e. The van der Waals surface area contributed by atoms with Gasteiger partial charge in [0.05, 0.1) is 0 Å². The van der Waals surface area contributed by atoms with Crippen molar-refractivity contribution in [2.45, 2.75) is 32.4 Å². The Bertz CT molecular complexity index is 557. The lowest BCUT2D eigenvalue weighted by molar-refractivity contribution is 0.281. The first-order valence-electron chi connectivity index (χ1n) is 5.96. The summed E-state index contributed by atoms with van der Waals surface area (Å²) in [5.74, 6) is 1.02. The van der Waals surface area contributed by atoms with E-state index in [1.54, 1.807) is 10.7 Å². The van der Waals surface area contributed by atoms with Crippen LogP contribution in [-0.4, -0.2) is 14.8 Å². The van der Waals surface area contributed by atoms with E-state index in [1.165, 1.54) is 18.5 Å². The van der Waals surface area contributed by atoms with Crippen molar-refractivity contribution in [1.29, 1.82) is 0 Å². The van der Waals surface area contributed by atoms with E-state index < -0.39 is 0 Å². The summed E-state index contributed by atoms with van der Waals surface area (Å²) in [7, 11) is 0. The van der Waals surface area contributed by atoms with Gasteiger partial charge in [-0.1, -0.05) is 0 Å². The van der Waals surface area contributed by atoms with Crippen LogP contribution in [-0.2, 0) is 12.5 Å². The molecule has 4 nitrogen and oxygen atoms in total. The monoisotopic (exact) mass is 283 g/mol. The van der Waals surface area contributed by atoms with Crippen molar-refractivity contribution in [3.8, 4) is 5.75 Å². The SMILES string of the molecule is CC(C)n1ncnc1COc1cc(F)cc(CCl)c1. The molecular weight excluding hydrogens is 269 g/mol. The molecule has 0 atom stereocenters. The second-order valence-corrected chi connectivity index (χ2v) is 4.70. The molecule has 0 aliphatic rings. The number of ether oxygens (including phenoxy) is 1. The summed E-state index contributed by atoms with van der Waals surface area (Å²) in [4.78, 5) is 4.12. The molecule has 6 heteroatoms. The fraction of sp³-hybridized carbons (Fsp3) is 0.385. The number of nitrogens with zero attached hydrogens (tertiary/aromatic N) is 3. The fourth-order valence-electron chi connectivity index (χ4n) is 1.74. The van der Waals surface area contributed by atoms with Crippen LogP contribution in [0, 0.1) is 5.82 Å². The van der Waals surface area contributed by atoms with Gasteiger partial charge >= 0.3 is 0 Å². The summed E-state index contributed by atoms with van der Waals surface area (Å²) < 4.78 is 20.6. The van der Waals surface area contributed by atoms with Crippen molar-refractivity contribution in [2.24, 2.45) is 0 Å². The third-order valence-corrected chi connectivity index (χ3v) is 2.90. The Balaban J connectivity index is 2.10. The van der Waals surface area contributed by atoms with Crippen LogP contribution in [0.4, 0.5) is 4.39 Å². The Morgan fingerprint density at radius 2 is 2.16 bits per heavy atom. The van der Waals surface area contributed by atoms with Crippen molar-refractivity contribution in [3.63, 3.8) is 0 Å². The Morgan fingerprint density at radius 3 is 2.84 bits per heavy atom. The number of aromatic nitrogens is 3. The molecule has 0 radical (unpaired) electrons. The summed E-state index contributed by atoms with van der Waals surface area (Å²) in [5.41, 5.74) is 0.682. The van der Waals surface area contributed by atoms with E-state index in [4.69, 9.17) is 16.3 Å². The number of alkyl halides is 1. The standard InChI is InChI=1S/C13H15ClFN3O/c1-9(2)18-13(16-8-17-18)7-19-12-4-10(6-14)3-11(15)5-12/h3-5,8-9H,6-7H2,1-2H3. The van der Waals surface area contributed by atoms with E-state index in [1.807, 2.05) is 13.8 Å². The largest absolute Gasteiger partial charge is 0.486 e. The highest BCUT2D eigenvalue weighted by Crippen LogP contribution is 2.19. The summed E-state index contributed by atoms with van der Waals surface area (Å²) in [5, 5.41) is 4.11. The maximum absolute atomic E-state index is 13.3. The molecule has 0 spiro atoms. The molecule has 0 unspecified atom stereocenters. The van der Waals surface area contributed by atoms with Crippen molar-refractivity contribution in [3.05, 3.63) is 41.7 Å². The normalized spacial score (nSPS) is 11.0. The molecule has 0 saturated carbocycles. The van der Waals surface area contributed by atoms with Crippen LogP contribution >= 0.6 is 11.6 Å². The average molecular weight is 284 g/mol. The maximum atomic E-state index is 13.3. The predicted octanol–water partition coefficient (Wildman–Crippen LogP) is 3.32. The van der Waals surface area contributed by atoms with Crippen LogP contribution in [0.3, 0.4) is 0 Å². The van der Waals surface area contributed by atoms with Gasteiger partial charge in [0.2, 0.25) is 0 Å². The molecule has 0 bridgehead atoms. The Morgan fingerprint density at radius 1 is 1.37 bits per heavy atom. The number of hydrogen-bond acceptors (Lipinski definition) is 3. The van der Waals surface area contributed by atoms with Crippen LogP contribution in [0.1, 0.15) is 31.3 Å². The van der Waals surface area contributed by atoms with Gasteiger partial charge in [-0.25, -0.2) is 14.1 Å². The van der Waals surface area contributed by atoms with Crippen molar-refractivity contribution >= 4 is 11.6 Å². The first-order valence-corrected chi connectivity index (χ1v) is 6.50. The summed E-state index contributed by atoms with van der Waals surface area (Å²) in [6.45, 7) is 4.25. The quantitative estimate of drug-likeness (QED) is 0.790. The molecule has 102 valence electrons. The van der Waals surface area contributed by atoms with E-state index in [0.717, 1.165) is 0 Å². The van der Waals surface area contributed by atoms with Gasteiger partial charge in [0, 0.05) is 18.0 Å². The fourth-order valence-corrected chi connectivity index (χ4v) is 1.89. The first-order chi connectivity index (χ1) is 9.10. The summed E-state index contributed by atoms with van der Waals surface area (Å²) in [6, 6.07) is 4.63. The molecule has 1 aromatic heterocycles. The number of rotatable bonds is 5. The molecule has 2 rings (SSSR count). The zero-order valence-corrected chi connectivity index (χ0v) is 11.6. The van der Waals surface area contributed by atoms with Crippen LogP contribution in [0.5, 0.6) is 5.75 Å². The van der Waals surface area contributed by atoms with Gasteiger partial charge in [-0.15, -0.1) is 11.6 Å². The minimum absolute atomic E-state index is 0.201. The number of hydrogen-bond donors (Lipinski definition) is 0. The van der Waals surface area contributed by atoms with Gasteiger partial charge in [0.1, 0.15) is 24.5 Å².